The van der Waals surface area contributed by atoms with E-state index in [1.165, 1.54) is 19.3 Å². The molecule has 0 radical (unpaired) electrons. The molecule has 0 aromatic carbocycles. The molecule has 0 saturated carbocycles. The summed E-state index contributed by atoms with van der Waals surface area (Å²) in [7, 11) is 1.57. The number of nitrogens with one attached hydrogen (secondary N) is 1. The maximum absolute atomic E-state index is 5.56. The van der Waals surface area contributed by atoms with Gasteiger partial charge in [0.05, 0.1) is 26.1 Å². The Morgan fingerprint density at radius 1 is 1.35 bits per heavy atom. The summed E-state index contributed by atoms with van der Waals surface area (Å²) in [4.78, 5) is 8.14. The van der Waals surface area contributed by atoms with Crippen LogP contribution in [0.3, 0.4) is 0 Å². The monoisotopic (exact) mass is 237 g/mol. The Hall–Kier alpha value is -1.36. The van der Waals surface area contributed by atoms with Gasteiger partial charge in [0.25, 0.3) is 0 Å². The number of nitrogens with zero attached hydrogens (tertiary/aromatic N) is 2. The average Bonchev–Trinajstić information content (AvgIpc) is 2.40. The van der Waals surface area contributed by atoms with Gasteiger partial charge < -0.3 is 14.8 Å². The molecule has 0 spiro atoms. The van der Waals surface area contributed by atoms with Crippen molar-refractivity contribution in [3.63, 3.8) is 0 Å². The number of hydrogen-bond donors (Lipinski definition) is 1. The molecule has 94 valence electrons. The molecule has 2 rings (SSSR count). The van der Waals surface area contributed by atoms with E-state index in [4.69, 9.17) is 9.47 Å². The van der Waals surface area contributed by atoms with Gasteiger partial charge in [0.1, 0.15) is 0 Å². The van der Waals surface area contributed by atoms with Crippen molar-refractivity contribution in [2.75, 3.05) is 20.3 Å². The first-order valence-corrected chi connectivity index (χ1v) is 6.10. The first-order chi connectivity index (χ1) is 8.38. The fourth-order valence-corrected chi connectivity index (χ4v) is 1.98. The Balaban J connectivity index is 1.73. The van der Waals surface area contributed by atoms with Gasteiger partial charge >= 0.3 is 0 Å². The van der Waals surface area contributed by atoms with Gasteiger partial charge in [0.2, 0.25) is 11.8 Å². The van der Waals surface area contributed by atoms with E-state index in [1.54, 1.807) is 19.5 Å². The minimum Gasteiger partial charge on any atom is -0.480 e. The van der Waals surface area contributed by atoms with E-state index in [9.17, 15) is 0 Å². The molecule has 1 aliphatic rings. The molecule has 1 aromatic heterocycles. The van der Waals surface area contributed by atoms with Gasteiger partial charge in [-0.05, 0) is 25.8 Å². The summed E-state index contributed by atoms with van der Waals surface area (Å²) in [5.74, 6) is 1.01. The molecular weight excluding hydrogens is 218 g/mol. The molecule has 1 saturated heterocycles. The fraction of sp³-hybridized carbons (Fsp3) is 0.667. The van der Waals surface area contributed by atoms with Gasteiger partial charge in [-0.3, -0.25) is 4.98 Å². The molecule has 1 fully saturated rings. The third-order valence-corrected chi connectivity index (χ3v) is 2.93. The highest BCUT2D eigenvalue weighted by Gasteiger charge is 2.12. The topological polar surface area (TPSA) is 56.3 Å². The van der Waals surface area contributed by atoms with Gasteiger partial charge in [0.15, 0.2) is 0 Å². The number of piperidine rings is 1. The predicted octanol–water partition coefficient (Wildman–Crippen LogP) is 1.40. The Labute approximate surface area is 102 Å². The zero-order valence-corrected chi connectivity index (χ0v) is 10.2. The number of rotatable bonds is 5. The number of methoxy groups -OCH3 is 1. The highest BCUT2D eigenvalue weighted by Crippen LogP contribution is 2.13. The van der Waals surface area contributed by atoms with Crippen molar-refractivity contribution in [3.8, 4) is 11.8 Å². The van der Waals surface area contributed by atoms with Crippen molar-refractivity contribution in [2.24, 2.45) is 0 Å². The van der Waals surface area contributed by atoms with Gasteiger partial charge in [-0.25, -0.2) is 0 Å². The van der Waals surface area contributed by atoms with Gasteiger partial charge in [0, 0.05) is 6.04 Å². The number of ether oxygens (including phenoxy) is 2. The van der Waals surface area contributed by atoms with Gasteiger partial charge in [-0.1, -0.05) is 6.42 Å². The summed E-state index contributed by atoms with van der Waals surface area (Å²) in [5, 5.41) is 3.49. The Morgan fingerprint density at radius 3 is 3.00 bits per heavy atom. The lowest BCUT2D eigenvalue weighted by molar-refractivity contribution is 0.256. The molecule has 17 heavy (non-hydrogen) atoms. The standard InChI is InChI=1S/C12H19N3O2/c1-16-11-8-13-9-12(15-11)17-7-5-10-4-2-3-6-14-10/h8-10,14H,2-7H2,1H3. The van der Waals surface area contributed by atoms with Crippen LogP contribution in [-0.2, 0) is 0 Å². The summed E-state index contributed by atoms with van der Waals surface area (Å²) >= 11 is 0. The molecule has 1 aliphatic heterocycles. The van der Waals surface area contributed by atoms with Gasteiger partial charge in [-0.15, -0.1) is 0 Å². The minimum absolute atomic E-state index is 0.485. The van der Waals surface area contributed by atoms with E-state index in [0.29, 0.717) is 24.4 Å². The molecule has 0 bridgehead atoms. The SMILES string of the molecule is COc1cncc(OCCC2CCCCN2)n1. The van der Waals surface area contributed by atoms with Crippen molar-refractivity contribution in [2.45, 2.75) is 31.7 Å². The van der Waals surface area contributed by atoms with Crippen LogP contribution in [0.1, 0.15) is 25.7 Å². The molecule has 0 amide bonds. The highest BCUT2D eigenvalue weighted by molar-refractivity contribution is 5.12. The van der Waals surface area contributed by atoms with Crippen molar-refractivity contribution in [1.29, 1.82) is 0 Å². The van der Waals surface area contributed by atoms with Crippen LogP contribution in [0.15, 0.2) is 12.4 Å². The van der Waals surface area contributed by atoms with E-state index in [0.717, 1.165) is 13.0 Å². The smallest absolute Gasteiger partial charge is 0.235 e. The zero-order chi connectivity index (χ0) is 11.9. The highest BCUT2D eigenvalue weighted by atomic mass is 16.5. The van der Waals surface area contributed by atoms with Crippen molar-refractivity contribution in [3.05, 3.63) is 12.4 Å². The Bertz CT molecular complexity index is 340. The van der Waals surface area contributed by atoms with Crippen LogP contribution in [0.2, 0.25) is 0 Å². The van der Waals surface area contributed by atoms with E-state index in [-0.39, 0.29) is 0 Å². The molecule has 1 N–H and O–H groups in total. The number of hydrogen-bond acceptors (Lipinski definition) is 5. The summed E-state index contributed by atoms with van der Waals surface area (Å²) in [6, 6.07) is 0.585. The summed E-state index contributed by atoms with van der Waals surface area (Å²) < 4.78 is 10.5. The first-order valence-electron chi connectivity index (χ1n) is 6.10. The largest absolute Gasteiger partial charge is 0.480 e. The summed E-state index contributed by atoms with van der Waals surface area (Å²) in [6.07, 6.45) is 8.04. The van der Waals surface area contributed by atoms with Gasteiger partial charge in [-0.2, -0.15) is 4.98 Å². The average molecular weight is 237 g/mol. The molecule has 1 unspecified atom stereocenters. The molecule has 0 aliphatic carbocycles. The molecule has 1 aromatic rings. The Morgan fingerprint density at radius 2 is 2.24 bits per heavy atom. The third-order valence-electron chi connectivity index (χ3n) is 2.93. The quantitative estimate of drug-likeness (QED) is 0.838. The molecule has 1 atom stereocenters. The lowest BCUT2D eigenvalue weighted by atomic mass is 10.0. The second-order valence-corrected chi connectivity index (χ2v) is 4.18. The van der Waals surface area contributed by atoms with Crippen molar-refractivity contribution in [1.82, 2.24) is 15.3 Å². The molecule has 5 heteroatoms. The molecule has 2 heterocycles. The molecular formula is C12H19N3O2. The Kier molecular flexibility index (Phi) is 4.55. The zero-order valence-electron chi connectivity index (χ0n) is 10.2. The second-order valence-electron chi connectivity index (χ2n) is 4.18. The normalized spacial score (nSPS) is 19.9. The van der Waals surface area contributed by atoms with Crippen LogP contribution in [0, 0.1) is 0 Å². The second kappa shape index (κ2) is 6.39. The van der Waals surface area contributed by atoms with E-state index in [1.807, 2.05) is 0 Å². The van der Waals surface area contributed by atoms with E-state index < -0.39 is 0 Å². The number of aromatic nitrogens is 2. The summed E-state index contributed by atoms with van der Waals surface area (Å²) in [6.45, 7) is 1.79. The van der Waals surface area contributed by atoms with Crippen LogP contribution < -0.4 is 14.8 Å². The van der Waals surface area contributed by atoms with Crippen LogP contribution in [0.5, 0.6) is 11.8 Å². The predicted molar refractivity (Wildman–Crippen MR) is 64.3 cm³/mol. The minimum atomic E-state index is 0.485. The van der Waals surface area contributed by atoms with E-state index >= 15 is 0 Å². The van der Waals surface area contributed by atoms with Crippen molar-refractivity contribution >= 4 is 0 Å². The van der Waals surface area contributed by atoms with Crippen LogP contribution >= 0.6 is 0 Å². The lowest BCUT2D eigenvalue weighted by Crippen LogP contribution is -2.35. The van der Waals surface area contributed by atoms with Crippen LogP contribution in [0.4, 0.5) is 0 Å². The van der Waals surface area contributed by atoms with Crippen LogP contribution in [-0.4, -0.2) is 36.3 Å². The lowest BCUT2D eigenvalue weighted by Gasteiger charge is -2.23. The van der Waals surface area contributed by atoms with Crippen LogP contribution in [0.25, 0.3) is 0 Å². The third kappa shape index (κ3) is 3.85. The van der Waals surface area contributed by atoms with E-state index in [2.05, 4.69) is 15.3 Å². The maximum Gasteiger partial charge on any atom is 0.235 e. The fourth-order valence-electron chi connectivity index (χ4n) is 1.98. The summed E-state index contributed by atoms with van der Waals surface area (Å²) in [5.41, 5.74) is 0. The van der Waals surface area contributed by atoms with Crippen molar-refractivity contribution < 1.29 is 9.47 Å². The first kappa shape index (κ1) is 12.1. The maximum atomic E-state index is 5.56. The molecule has 5 nitrogen and oxygen atoms in total.